The highest BCUT2D eigenvalue weighted by molar-refractivity contribution is 9.10. The van der Waals surface area contributed by atoms with Crippen LogP contribution in [0, 0.1) is 6.92 Å². The average molecular weight is 398 g/mol. The van der Waals surface area contributed by atoms with E-state index in [1.165, 1.54) is 0 Å². The lowest BCUT2D eigenvalue weighted by Gasteiger charge is -2.34. The predicted molar refractivity (Wildman–Crippen MR) is 93.1 cm³/mol. The van der Waals surface area contributed by atoms with Gasteiger partial charge in [0.25, 0.3) is 5.91 Å². The van der Waals surface area contributed by atoms with Crippen molar-refractivity contribution in [2.75, 3.05) is 18.1 Å². The number of aryl methyl sites for hydroxylation is 1. The molecule has 1 fully saturated rings. The van der Waals surface area contributed by atoms with E-state index in [0.717, 1.165) is 21.2 Å². The van der Waals surface area contributed by atoms with Crippen molar-refractivity contribution in [2.24, 2.45) is 0 Å². The topological polar surface area (TPSA) is 70.8 Å². The van der Waals surface area contributed by atoms with Crippen LogP contribution in [-0.4, -0.2) is 46.0 Å². The number of carboxylic acid groups (broad SMARTS) is 1. The van der Waals surface area contributed by atoms with E-state index in [1.807, 2.05) is 25.1 Å². The quantitative estimate of drug-likeness (QED) is 0.857. The fraction of sp³-hybridized carbons (Fsp3) is 0.375. The molecule has 5 nitrogen and oxygen atoms in total. The summed E-state index contributed by atoms with van der Waals surface area (Å²) in [6.45, 7) is 2.40. The van der Waals surface area contributed by atoms with Crippen molar-refractivity contribution >= 4 is 50.5 Å². The molecule has 1 N–H and O–H groups in total. The average Bonchev–Trinajstić information content (AvgIpc) is 2.83. The zero-order chi connectivity index (χ0) is 16.6. The molecule has 1 aliphatic rings. The highest BCUT2D eigenvalue weighted by Gasteiger charge is 2.32. The second-order valence-corrected chi connectivity index (χ2v) is 7.59. The van der Waals surface area contributed by atoms with Crippen LogP contribution in [0.2, 0.25) is 0 Å². The van der Waals surface area contributed by atoms with Gasteiger partial charge >= 0.3 is 5.97 Å². The van der Waals surface area contributed by atoms with E-state index >= 15 is 0 Å². The minimum atomic E-state index is -0.888. The second kappa shape index (κ2) is 6.57. The van der Waals surface area contributed by atoms with E-state index in [1.54, 1.807) is 16.7 Å². The Morgan fingerprint density at radius 2 is 2.26 bits per heavy atom. The summed E-state index contributed by atoms with van der Waals surface area (Å²) in [5.41, 5.74) is 1.45. The molecule has 3 rings (SSSR count). The first kappa shape index (κ1) is 16.4. The van der Waals surface area contributed by atoms with Crippen molar-refractivity contribution in [3.8, 4) is 0 Å². The van der Waals surface area contributed by atoms with Crippen molar-refractivity contribution in [2.45, 2.75) is 19.4 Å². The maximum atomic E-state index is 12.9. The largest absolute Gasteiger partial charge is 0.481 e. The van der Waals surface area contributed by atoms with Crippen molar-refractivity contribution < 1.29 is 19.1 Å². The molecule has 2 heterocycles. The molecule has 1 aromatic carbocycles. The third kappa shape index (κ3) is 3.26. The van der Waals surface area contributed by atoms with Crippen LogP contribution in [-0.2, 0) is 4.79 Å². The van der Waals surface area contributed by atoms with Crippen molar-refractivity contribution in [3.05, 3.63) is 34.0 Å². The first-order valence-electron chi connectivity index (χ1n) is 7.26. The van der Waals surface area contributed by atoms with E-state index in [9.17, 15) is 9.59 Å². The summed E-state index contributed by atoms with van der Waals surface area (Å²) in [5, 5.41) is 9.95. The van der Waals surface area contributed by atoms with Gasteiger partial charge in [0.1, 0.15) is 5.58 Å². The van der Waals surface area contributed by atoms with Gasteiger partial charge in [0.05, 0.1) is 12.5 Å². The number of carbonyl (C=O) groups is 2. The first-order valence-corrected chi connectivity index (χ1v) is 9.21. The molecule has 2 aromatic rings. The van der Waals surface area contributed by atoms with Crippen molar-refractivity contribution in [1.82, 2.24) is 4.90 Å². The van der Waals surface area contributed by atoms with E-state index in [-0.39, 0.29) is 18.4 Å². The Morgan fingerprint density at radius 1 is 1.48 bits per heavy atom. The third-order valence-electron chi connectivity index (χ3n) is 3.99. The van der Waals surface area contributed by atoms with Crippen LogP contribution in [0.3, 0.4) is 0 Å². The number of furan rings is 1. The van der Waals surface area contributed by atoms with E-state index in [4.69, 9.17) is 9.52 Å². The molecule has 1 saturated heterocycles. The number of carboxylic acids is 1. The number of carbonyl (C=O) groups excluding carboxylic acids is 1. The number of halogens is 1. The number of benzene rings is 1. The number of amides is 1. The highest BCUT2D eigenvalue weighted by Crippen LogP contribution is 2.30. The molecule has 0 saturated carbocycles. The highest BCUT2D eigenvalue weighted by atomic mass is 79.9. The summed E-state index contributed by atoms with van der Waals surface area (Å²) < 4.78 is 6.68. The second-order valence-electron chi connectivity index (χ2n) is 5.52. The van der Waals surface area contributed by atoms with Crippen LogP contribution in [0.1, 0.15) is 22.5 Å². The standard InChI is InChI=1S/C16H16BrNO4S/c1-9-12-6-10(17)2-3-13(12)22-15(9)16(21)18-4-5-23-8-11(18)7-14(19)20/h2-3,6,11H,4-5,7-8H2,1H3,(H,19,20). The normalized spacial score (nSPS) is 18.3. The summed E-state index contributed by atoms with van der Waals surface area (Å²) in [4.78, 5) is 25.6. The minimum Gasteiger partial charge on any atom is -0.481 e. The number of aliphatic carboxylic acids is 1. The monoisotopic (exact) mass is 397 g/mol. The number of nitrogens with zero attached hydrogens (tertiary/aromatic N) is 1. The minimum absolute atomic E-state index is 0.0381. The Hall–Kier alpha value is -1.47. The summed E-state index contributed by atoms with van der Waals surface area (Å²) in [7, 11) is 0. The fourth-order valence-electron chi connectivity index (χ4n) is 2.82. The van der Waals surface area contributed by atoms with Gasteiger partial charge in [-0.3, -0.25) is 9.59 Å². The molecule has 0 spiro atoms. The van der Waals surface area contributed by atoms with E-state index in [2.05, 4.69) is 15.9 Å². The van der Waals surface area contributed by atoms with Crippen LogP contribution >= 0.6 is 27.7 Å². The van der Waals surface area contributed by atoms with Crippen molar-refractivity contribution in [1.29, 1.82) is 0 Å². The van der Waals surface area contributed by atoms with Crippen LogP contribution in [0.15, 0.2) is 27.1 Å². The van der Waals surface area contributed by atoms with Gasteiger partial charge in [-0.1, -0.05) is 15.9 Å². The molecule has 23 heavy (non-hydrogen) atoms. The predicted octanol–water partition coefficient (Wildman–Crippen LogP) is 3.54. The summed E-state index contributed by atoms with van der Waals surface area (Å²) in [6.07, 6.45) is -0.0381. The molecule has 1 unspecified atom stereocenters. The Balaban J connectivity index is 1.95. The smallest absolute Gasteiger partial charge is 0.305 e. The van der Waals surface area contributed by atoms with Gasteiger partial charge in [0.2, 0.25) is 0 Å². The number of fused-ring (bicyclic) bond motifs is 1. The van der Waals surface area contributed by atoms with Gasteiger partial charge in [0.15, 0.2) is 5.76 Å². The number of hydrogen-bond donors (Lipinski definition) is 1. The Morgan fingerprint density at radius 3 is 3.00 bits per heavy atom. The van der Waals surface area contributed by atoms with Gasteiger partial charge in [0, 0.05) is 33.5 Å². The van der Waals surface area contributed by atoms with Crippen LogP contribution in [0.5, 0.6) is 0 Å². The lowest BCUT2D eigenvalue weighted by molar-refractivity contribution is -0.138. The van der Waals surface area contributed by atoms with Gasteiger partial charge in [-0.05, 0) is 25.1 Å². The lowest BCUT2D eigenvalue weighted by atomic mass is 10.1. The molecule has 0 bridgehead atoms. The molecular weight excluding hydrogens is 382 g/mol. The third-order valence-corrected chi connectivity index (χ3v) is 5.58. The Labute approximate surface area is 146 Å². The summed E-state index contributed by atoms with van der Waals surface area (Å²) >= 11 is 5.10. The Bertz CT molecular complexity index is 773. The molecule has 0 radical (unpaired) electrons. The number of rotatable bonds is 3. The van der Waals surface area contributed by atoms with Gasteiger partial charge in [-0.15, -0.1) is 0 Å². The maximum Gasteiger partial charge on any atom is 0.305 e. The number of hydrogen-bond acceptors (Lipinski definition) is 4. The lowest BCUT2D eigenvalue weighted by Crippen LogP contribution is -2.47. The van der Waals surface area contributed by atoms with Gasteiger partial charge in [-0.25, -0.2) is 0 Å². The maximum absolute atomic E-state index is 12.9. The van der Waals surface area contributed by atoms with Crippen molar-refractivity contribution in [3.63, 3.8) is 0 Å². The van der Waals surface area contributed by atoms with E-state index in [0.29, 0.717) is 23.6 Å². The molecule has 7 heteroatoms. The molecule has 122 valence electrons. The zero-order valence-corrected chi connectivity index (χ0v) is 14.9. The van der Waals surface area contributed by atoms with Gasteiger partial charge < -0.3 is 14.4 Å². The Kier molecular flexibility index (Phi) is 4.68. The molecule has 1 aliphatic heterocycles. The summed E-state index contributed by atoms with van der Waals surface area (Å²) in [5.74, 6) is 0.651. The van der Waals surface area contributed by atoms with Gasteiger partial charge in [-0.2, -0.15) is 11.8 Å². The fourth-order valence-corrected chi connectivity index (χ4v) is 4.24. The molecule has 0 aliphatic carbocycles. The van der Waals surface area contributed by atoms with Crippen LogP contribution in [0.25, 0.3) is 11.0 Å². The molecular formula is C16H16BrNO4S. The number of thioether (sulfide) groups is 1. The van der Waals surface area contributed by atoms with E-state index < -0.39 is 5.97 Å². The zero-order valence-electron chi connectivity index (χ0n) is 12.5. The molecule has 1 amide bonds. The molecule has 1 aromatic heterocycles. The van der Waals surface area contributed by atoms with Crippen LogP contribution < -0.4 is 0 Å². The molecule has 1 atom stereocenters. The SMILES string of the molecule is Cc1c(C(=O)N2CCSCC2CC(=O)O)oc2ccc(Br)cc12. The van der Waals surface area contributed by atoms with Crippen LogP contribution in [0.4, 0.5) is 0 Å². The summed E-state index contributed by atoms with van der Waals surface area (Å²) in [6, 6.07) is 5.32. The first-order chi connectivity index (χ1) is 11.0.